The number of nitrogens with zero attached hydrogens (tertiary/aromatic N) is 2. The number of amides is 1. The zero-order chi connectivity index (χ0) is 20.0. The third-order valence-electron chi connectivity index (χ3n) is 3.87. The van der Waals surface area contributed by atoms with Crippen molar-refractivity contribution in [3.05, 3.63) is 63.7 Å². The zero-order valence-electron chi connectivity index (χ0n) is 14.9. The Hall–Kier alpha value is -3.44. The van der Waals surface area contributed by atoms with Gasteiger partial charge in [0.1, 0.15) is 12.4 Å². The molecule has 0 fully saturated rings. The highest BCUT2D eigenvalue weighted by molar-refractivity contribution is 5.97. The number of nitro benzene ring substituents is 1. The van der Waals surface area contributed by atoms with Crippen LogP contribution in [0.15, 0.2) is 42.5 Å². The standard InChI is InChI=1S/C19H19N3O5/c1-13-11-15(5-8-17(13)22(25)26)21-18(23)19(2,24)12-27-16-6-3-14(4-7-16)9-10-20/h3-8,11,24H,9,12H2,1-2H3,(H,21,23). The fourth-order valence-corrected chi connectivity index (χ4v) is 2.29. The number of hydrogen-bond acceptors (Lipinski definition) is 6. The van der Waals surface area contributed by atoms with Gasteiger partial charge in [0.25, 0.3) is 11.6 Å². The van der Waals surface area contributed by atoms with E-state index in [1.807, 2.05) is 6.07 Å². The number of carbonyl (C=O) groups is 1. The van der Waals surface area contributed by atoms with Crippen LogP contribution in [0.25, 0.3) is 0 Å². The normalized spacial score (nSPS) is 12.5. The molecule has 0 aromatic heterocycles. The summed E-state index contributed by atoms with van der Waals surface area (Å²) in [4.78, 5) is 22.6. The van der Waals surface area contributed by atoms with Crippen molar-refractivity contribution < 1.29 is 19.6 Å². The topological polar surface area (TPSA) is 125 Å². The maximum atomic E-state index is 12.3. The van der Waals surface area contributed by atoms with Gasteiger partial charge in [-0.25, -0.2) is 0 Å². The molecule has 0 saturated heterocycles. The lowest BCUT2D eigenvalue weighted by molar-refractivity contribution is -0.385. The third-order valence-corrected chi connectivity index (χ3v) is 3.87. The van der Waals surface area contributed by atoms with Gasteiger partial charge in [-0.3, -0.25) is 14.9 Å². The summed E-state index contributed by atoms with van der Waals surface area (Å²) in [6, 6.07) is 13.0. The van der Waals surface area contributed by atoms with Crippen LogP contribution >= 0.6 is 0 Å². The molecule has 8 nitrogen and oxygen atoms in total. The number of benzene rings is 2. The average Bonchev–Trinajstić information content (AvgIpc) is 2.61. The number of aliphatic hydroxyl groups is 1. The Morgan fingerprint density at radius 1 is 1.33 bits per heavy atom. The number of hydrogen-bond donors (Lipinski definition) is 2. The van der Waals surface area contributed by atoms with Crippen molar-refractivity contribution in [2.24, 2.45) is 0 Å². The molecule has 0 saturated carbocycles. The molecule has 8 heteroatoms. The van der Waals surface area contributed by atoms with Gasteiger partial charge in [-0.05, 0) is 43.7 Å². The van der Waals surface area contributed by atoms with Crippen molar-refractivity contribution in [3.63, 3.8) is 0 Å². The number of nitro groups is 1. The molecule has 2 N–H and O–H groups in total. The van der Waals surface area contributed by atoms with Gasteiger partial charge in [-0.15, -0.1) is 0 Å². The van der Waals surface area contributed by atoms with Gasteiger partial charge in [0.2, 0.25) is 0 Å². The Bertz CT molecular complexity index is 885. The van der Waals surface area contributed by atoms with Crippen LogP contribution in [-0.4, -0.2) is 28.1 Å². The maximum absolute atomic E-state index is 12.3. The summed E-state index contributed by atoms with van der Waals surface area (Å²) in [6.45, 7) is 2.58. The number of ether oxygens (including phenoxy) is 1. The zero-order valence-corrected chi connectivity index (χ0v) is 14.9. The highest BCUT2D eigenvalue weighted by atomic mass is 16.6. The Balaban J connectivity index is 1.99. The lowest BCUT2D eigenvalue weighted by Gasteiger charge is -2.22. The van der Waals surface area contributed by atoms with Crippen LogP contribution in [0.3, 0.4) is 0 Å². The molecule has 0 bridgehead atoms. The van der Waals surface area contributed by atoms with Gasteiger partial charge < -0.3 is 15.2 Å². The molecule has 0 aliphatic carbocycles. The monoisotopic (exact) mass is 369 g/mol. The van der Waals surface area contributed by atoms with Crippen molar-refractivity contribution in [3.8, 4) is 11.8 Å². The van der Waals surface area contributed by atoms with E-state index in [1.54, 1.807) is 31.2 Å². The maximum Gasteiger partial charge on any atom is 0.272 e. The average molecular weight is 369 g/mol. The van der Waals surface area contributed by atoms with E-state index in [4.69, 9.17) is 10.00 Å². The highest BCUT2D eigenvalue weighted by Crippen LogP contribution is 2.22. The lowest BCUT2D eigenvalue weighted by atomic mass is 10.1. The van der Waals surface area contributed by atoms with E-state index in [-0.39, 0.29) is 18.7 Å². The van der Waals surface area contributed by atoms with Gasteiger partial charge in [0.15, 0.2) is 5.60 Å². The number of rotatable bonds is 7. The van der Waals surface area contributed by atoms with Crippen LogP contribution in [0.1, 0.15) is 18.1 Å². The molecule has 27 heavy (non-hydrogen) atoms. The molecule has 2 aromatic carbocycles. The largest absolute Gasteiger partial charge is 0.490 e. The molecular formula is C19H19N3O5. The fourth-order valence-electron chi connectivity index (χ4n) is 2.29. The minimum atomic E-state index is -1.82. The molecule has 2 aromatic rings. The van der Waals surface area contributed by atoms with Crippen molar-refractivity contribution in [2.75, 3.05) is 11.9 Å². The van der Waals surface area contributed by atoms with Crippen LogP contribution < -0.4 is 10.1 Å². The first-order valence-corrected chi connectivity index (χ1v) is 8.10. The Kier molecular flexibility index (Phi) is 6.11. The lowest BCUT2D eigenvalue weighted by Crippen LogP contribution is -2.45. The van der Waals surface area contributed by atoms with Gasteiger partial charge in [0.05, 0.1) is 17.4 Å². The van der Waals surface area contributed by atoms with E-state index < -0.39 is 16.4 Å². The number of carbonyl (C=O) groups excluding carboxylic acids is 1. The molecule has 0 aliphatic rings. The number of aryl methyl sites for hydroxylation is 1. The van der Waals surface area contributed by atoms with Crippen LogP contribution in [-0.2, 0) is 11.2 Å². The Morgan fingerprint density at radius 3 is 2.56 bits per heavy atom. The Labute approximate surface area is 156 Å². The highest BCUT2D eigenvalue weighted by Gasteiger charge is 2.31. The van der Waals surface area contributed by atoms with E-state index in [1.165, 1.54) is 25.1 Å². The summed E-state index contributed by atoms with van der Waals surface area (Å²) in [6.07, 6.45) is 0.287. The van der Waals surface area contributed by atoms with Crippen LogP contribution in [0.4, 0.5) is 11.4 Å². The van der Waals surface area contributed by atoms with Crippen LogP contribution in [0.5, 0.6) is 5.75 Å². The van der Waals surface area contributed by atoms with E-state index >= 15 is 0 Å². The van der Waals surface area contributed by atoms with Crippen LogP contribution in [0, 0.1) is 28.4 Å². The summed E-state index contributed by atoms with van der Waals surface area (Å²) >= 11 is 0. The first kappa shape index (κ1) is 19.9. The predicted molar refractivity (Wildman–Crippen MR) is 98.3 cm³/mol. The van der Waals surface area contributed by atoms with Crippen LogP contribution in [0.2, 0.25) is 0 Å². The minimum absolute atomic E-state index is 0.0528. The summed E-state index contributed by atoms with van der Waals surface area (Å²) < 4.78 is 5.45. The van der Waals surface area contributed by atoms with Gasteiger partial charge >= 0.3 is 0 Å². The van der Waals surface area contributed by atoms with Crippen molar-refractivity contribution in [1.82, 2.24) is 0 Å². The first-order valence-electron chi connectivity index (χ1n) is 8.10. The SMILES string of the molecule is Cc1cc(NC(=O)C(C)(O)COc2ccc(CC#N)cc2)ccc1[N+](=O)[O-]. The molecular weight excluding hydrogens is 350 g/mol. The molecule has 0 radical (unpaired) electrons. The molecule has 1 amide bonds. The smallest absolute Gasteiger partial charge is 0.272 e. The number of nitriles is 1. The molecule has 0 heterocycles. The second kappa shape index (κ2) is 8.29. The molecule has 0 spiro atoms. The molecule has 0 aliphatic heterocycles. The molecule has 140 valence electrons. The van der Waals surface area contributed by atoms with Crippen molar-refractivity contribution in [1.29, 1.82) is 5.26 Å². The molecule has 2 rings (SSSR count). The van der Waals surface area contributed by atoms with E-state index in [0.717, 1.165) is 5.56 Å². The Morgan fingerprint density at radius 2 is 2.00 bits per heavy atom. The van der Waals surface area contributed by atoms with Crippen molar-refractivity contribution >= 4 is 17.3 Å². The summed E-state index contributed by atoms with van der Waals surface area (Å²) in [5.41, 5.74) is -0.303. The predicted octanol–water partition coefficient (Wildman–Crippen LogP) is 2.74. The van der Waals surface area contributed by atoms with Gasteiger partial charge in [0, 0.05) is 17.3 Å². The number of nitrogens with one attached hydrogen (secondary N) is 1. The first-order chi connectivity index (χ1) is 12.7. The van der Waals surface area contributed by atoms with E-state index in [9.17, 15) is 20.0 Å². The molecule has 1 unspecified atom stereocenters. The van der Waals surface area contributed by atoms with E-state index in [0.29, 0.717) is 17.0 Å². The van der Waals surface area contributed by atoms with Gasteiger partial charge in [-0.2, -0.15) is 5.26 Å². The summed E-state index contributed by atoms with van der Waals surface area (Å²) in [7, 11) is 0. The second-order valence-corrected chi connectivity index (χ2v) is 6.25. The van der Waals surface area contributed by atoms with Gasteiger partial charge in [-0.1, -0.05) is 12.1 Å². The summed E-state index contributed by atoms with van der Waals surface area (Å²) in [5, 5.41) is 32.4. The summed E-state index contributed by atoms with van der Waals surface area (Å²) in [5.74, 6) is -0.243. The van der Waals surface area contributed by atoms with Crippen molar-refractivity contribution in [2.45, 2.75) is 25.9 Å². The fraction of sp³-hybridized carbons (Fsp3) is 0.263. The second-order valence-electron chi connectivity index (χ2n) is 6.25. The molecule has 1 atom stereocenters. The minimum Gasteiger partial charge on any atom is -0.490 e. The number of anilines is 1. The quantitative estimate of drug-likeness (QED) is 0.571. The third kappa shape index (κ3) is 5.26. The van der Waals surface area contributed by atoms with E-state index in [2.05, 4.69) is 5.32 Å².